The fourth-order valence-corrected chi connectivity index (χ4v) is 2.35. The van der Waals surface area contributed by atoms with Gasteiger partial charge in [0.05, 0.1) is 12.7 Å². The van der Waals surface area contributed by atoms with Crippen molar-refractivity contribution < 1.29 is 4.52 Å². The molecule has 1 aliphatic rings. The van der Waals surface area contributed by atoms with Crippen molar-refractivity contribution >= 4 is 5.69 Å². The molecular formula is C14H17N3O. The molecule has 4 nitrogen and oxygen atoms in total. The van der Waals surface area contributed by atoms with Crippen LogP contribution in [0.3, 0.4) is 0 Å². The Morgan fingerprint density at radius 3 is 2.44 bits per heavy atom. The fourth-order valence-electron chi connectivity index (χ4n) is 2.35. The van der Waals surface area contributed by atoms with Gasteiger partial charge in [-0.3, -0.25) is 4.90 Å². The molecule has 4 heteroatoms. The zero-order valence-corrected chi connectivity index (χ0v) is 10.3. The highest BCUT2D eigenvalue weighted by atomic mass is 16.5. The smallest absolute Gasteiger partial charge is 0.150 e. The van der Waals surface area contributed by atoms with Crippen LogP contribution < -0.4 is 4.90 Å². The highest BCUT2D eigenvalue weighted by Gasteiger charge is 2.17. The number of rotatable bonds is 3. The van der Waals surface area contributed by atoms with Crippen molar-refractivity contribution in [1.29, 1.82) is 0 Å². The van der Waals surface area contributed by atoms with Crippen LogP contribution in [0.5, 0.6) is 0 Å². The molecule has 0 N–H and O–H groups in total. The number of para-hydroxylation sites is 1. The number of hydrogen-bond donors (Lipinski definition) is 0. The molecule has 0 spiro atoms. The lowest BCUT2D eigenvalue weighted by Gasteiger charge is -2.35. The van der Waals surface area contributed by atoms with Gasteiger partial charge in [-0.15, -0.1) is 0 Å². The number of piperazine rings is 1. The molecule has 0 bridgehead atoms. The van der Waals surface area contributed by atoms with Crippen LogP contribution >= 0.6 is 0 Å². The lowest BCUT2D eigenvalue weighted by atomic mass is 10.2. The Labute approximate surface area is 107 Å². The van der Waals surface area contributed by atoms with Gasteiger partial charge in [0.1, 0.15) is 0 Å². The third-order valence-corrected chi connectivity index (χ3v) is 3.36. The molecule has 94 valence electrons. The summed E-state index contributed by atoms with van der Waals surface area (Å²) in [4.78, 5) is 4.83. The molecule has 1 aromatic carbocycles. The van der Waals surface area contributed by atoms with Crippen LogP contribution in [-0.4, -0.2) is 36.2 Å². The average molecular weight is 243 g/mol. The highest BCUT2D eigenvalue weighted by molar-refractivity contribution is 5.46. The Kier molecular flexibility index (Phi) is 3.28. The summed E-state index contributed by atoms with van der Waals surface area (Å²) in [5, 5.41) is 3.74. The van der Waals surface area contributed by atoms with Crippen LogP contribution in [0, 0.1) is 0 Å². The minimum absolute atomic E-state index is 0.864. The van der Waals surface area contributed by atoms with Gasteiger partial charge in [0, 0.05) is 37.9 Å². The molecule has 0 atom stereocenters. The second-order valence-corrected chi connectivity index (χ2v) is 4.58. The summed E-state index contributed by atoms with van der Waals surface area (Å²) in [6.45, 7) is 5.13. The van der Waals surface area contributed by atoms with Crippen LogP contribution in [0.4, 0.5) is 5.69 Å². The Hall–Kier alpha value is -1.81. The van der Waals surface area contributed by atoms with Gasteiger partial charge >= 0.3 is 0 Å². The van der Waals surface area contributed by atoms with Gasteiger partial charge in [0.25, 0.3) is 0 Å². The first-order valence-corrected chi connectivity index (χ1v) is 6.34. The fraction of sp³-hybridized carbons (Fsp3) is 0.357. The van der Waals surface area contributed by atoms with Gasteiger partial charge in [0.2, 0.25) is 0 Å². The van der Waals surface area contributed by atoms with Crippen molar-refractivity contribution in [2.24, 2.45) is 0 Å². The van der Waals surface area contributed by atoms with E-state index in [0.29, 0.717) is 0 Å². The molecule has 1 aromatic heterocycles. The summed E-state index contributed by atoms with van der Waals surface area (Å²) < 4.78 is 5.14. The predicted octanol–water partition coefficient (Wildman–Crippen LogP) is 2.00. The number of aromatic nitrogens is 1. The highest BCUT2D eigenvalue weighted by Crippen LogP contribution is 2.16. The van der Waals surface area contributed by atoms with Crippen LogP contribution in [0.15, 0.2) is 47.1 Å². The molecule has 0 unspecified atom stereocenters. The maximum absolute atomic E-state index is 5.14. The van der Waals surface area contributed by atoms with E-state index in [4.69, 9.17) is 4.52 Å². The molecule has 0 amide bonds. The molecule has 2 heterocycles. The van der Waals surface area contributed by atoms with E-state index >= 15 is 0 Å². The van der Waals surface area contributed by atoms with E-state index in [9.17, 15) is 0 Å². The predicted molar refractivity (Wildman–Crippen MR) is 70.4 cm³/mol. The molecule has 0 saturated carbocycles. The van der Waals surface area contributed by atoms with E-state index in [2.05, 4.69) is 45.3 Å². The van der Waals surface area contributed by atoms with Crippen LogP contribution in [0.2, 0.25) is 0 Å². The Morgan fingerprint density at radius 1 is 1.00 bits per heavy atom. The summed E-state index contributed by atoms with van der Waals surface area (Å²) in [5.74, 6) is 0.947. The SMILES string of the molecule is c1ccc(N2CCN(Cc3ccno3)CC2)cc1. The lowest BCUT2D eigenvalue weighted by Crippen LogP contribution is -2.45. The van der Waals surface area contributed by atoms with E-state index < -0.39 is 0 Å². The van der Waals surface area contributed by atoms with E-state index in [1.807, 2.05) is 6.07 Å². The van der Waals surface area contributed by atoms with Crippen LogP contribution in [0.1, 0.15) is 5.76 Å². The quantitative estimate of drug-likeness (QED) is 0.825. The van der Waals surface area contributed by atoms with Gasteiger partial charge in [-0.25, -0.2) is 0 Å². The Morgan fingerprint density at radius 2 is 1.78 bits per heavy atom. The molecule has 0 aliphatic carbocycles. The monoisotopic (exact) mass is 243 g/mol. The molecule has 1 fully saturated rings. The minimum atomic E-state index is 0.864. The van der Waals surface area contributed by atoms with E-state index in [0.717, 1.165) is 38.5 Å². The van der Waals surface area contributed by atoms with Crippen LogP contribution in [0.25, 0.3) is 0 Å². The van der Waals surface area contributed by atoms with Gasteiger partial charge in [0.15, 0.2) is 5.76 Å². The summed E-state index contributed by atoms with van der Waals surface area (Å²) in [6.07, 6.45) is 1.70. The zero-order chi connectivity index (χ0) is 12.2. The largest absolute Gasteiger partial charge is 0.369 e. The van der Waals surface area contributed by atoms with Gasteiger partial charge < -0.3 is 9.42 Å². The van der Waals surface area contributed by atoms with Crippen molar-refractivity contribution in [1.82, 2.24) is 10.1 Å². The Balaban J connectivity index is 1.55. The molecule has 0 radical (unpaired) electrons. The van der Waals surface area contributed by atoms with Gasteiger partial charge in [-0.05, 0) is 12.1 Å². The van der Waals surface area contributed by atoms with E-state index in [1.54, 1.807) is 6.20 Å². The minimum Gasteiger partial charge on any atom is -0.369 e. The average Bonchev–Trinajstić information content (AvgIpc) is 2.94. The standard InChI is InChI=1S/C14H17N3O/c1-2-4-13(5-3-1)17-10-8-16(9-11-17)12-14-6-7-15-18-14/h1-7H,8-12H2. The van der Waals surface area contributed by atoms with Gasteiger partial charge in [-0.1, -0.05) is 23.4 Å². The second-order valence-electron chi connectivity index (χ2n) is 4.58. The third-order valence-electron chi connectivity index (χ3n) is 3.36. The first-order valence-electron chi connectivity index (χ1n) is 6.34. The maximum atomic E-state index is 5.14. The maximum Gasteiger partial charge on any atom is 0.150 e. The molecule has 2 aromatic rings. The third kappa shape index (κ3) is 2.54. The van der Waals surface area contributed by atoms with E-state index in [1.165, 1.54) is 5.69 Å². The number of nitrogens with zero attached hydrogens (tertiary/aromatic N) is 3. The first-order chi connectivity index (χ1) is 8.92. The summed E-state index contributed by atoms with van der Waals surface area (Å²) in [7, 11) is 0. The molecule has 1 aliphatic heterocycles. The van der Waals surface area contributed by atoms with Crippen molar-refractivity contribution in [2.45, 2.75) is 6.54 Å². The van der Waals surface area contributed by atoms with Gasteiger partial charge in [-0.2, -0.15) is 0 Å². The van der Waals surface area contributed by atoms with Crippen molar-refractivity contribution in [3.05, 3.63) is 48.4 Å². The Bertz CT molecular complexity index is 461. The van der Waals surface area contributed by atoms with Crippen LogP contribution in [-0.2, 0) is 6.54 Å². The van der Waals surface area contributed by atoms with Crippen molar-refractivity contribution in [3.63, 3.8) is 0 Å². The first kappa shape index (κ1) is 11.3. The lowest BCUT2D eigenvalue weighted by molar-refractivity contribution is 0.220. The normalized spacial score (nSPS) is 17.0. The second kappa shape index (κ2) is 5.23. The number of hydrogen-bond acceptors (Lipinski definition) is 4. The zero-order valence-electron chi connectivity index (χ0n) is 10.3. The summed E-state index contributed by atoms with van der Waals surface area (Å²) in [5.41, 5.74) is 1.32. The molecular weight excluding hydrogens is 226 g/mol. The molecule has 18 heavy (non-hydrogen) atoms. The molecule has 3 rings (SSSR count). The summed E-state index contributed by atoms with van der Waals surface area (Å²) >= 11 is 0. The van der Waals surface area contributed by atoms with Crippen molar-refractivity contribution in [3.8, 4) is 0 Å². The van der Waals surface area contributed by atoms with E-state index in [-0.39, 0.29) is 0 Å². The summed E-state index contributed by atoms with van der Waals surface area (Å²) in [6, 6.07) is 12.5. The number of anilines is 1. The number of benzene rings is 1. The molecule has 1 saturated heterocycles. The van der Waals surface area contributed by atoms with Crippen molar-refractivity contribution in [2.75, 3.05) is 31.1 Å². The topological polar surface area (TPSA) is 32.5 Å².